The van der Waals surface area contributed by atoms with Crippen LogP contribution in [0.25, 0.3) is 0 Å². The van der Waals surface area contributed by atoms with Gasteiger partial charge >= 0.3 is 6.03 Å². The van der Waals surface area contributed by atoms with E-state index in [0.717, 1.165) is 24.2 Å². The summed E-state index contributed by atoms with van der Waals surface area (Å²) in [6, 6.07) is 14.1. The predicted molar refractivity (Wildman–Crippen MR) is 119 cm³/mol. The number of nitrogens with zero attached hydrogens (tertiary/aromatic N) is 1. The topological polar surface area (TPSA) is 87.7 Å². The molecule has 0 radical (unpaired) electrons. The highest BCUT2D eigenvalue weighted by atomic mass is 16.5. The second kappa shape index (κ2) is 9.64. The van der Waals surface area contributed by atoms with Gasteiger partial charge in [0.1, 0.15) is 17.8 Å². The number of imide groups is 1. The van der Waals surface area contributed by atoms with E-state index in [1.54, 1.807) is 25.1 Å². The molecule has 2 aromatic carbocycles. The minimum atomic E-state index is -1.20. The average Bonchev–Trinajstić information content (AvgIpc) is 2.97. The number of hydrogen-bond acceptors (Lipinski definition) is 4. The Morgan fingerprint density at radius 3 is 2.45 bits per heavy atom. The predicted octanol–water partition coefficient (Wildman–Crippen LogP) is 3.83. The molecule has 1 aliphatic rings. The molecule has 1 saturated heterocycles. The van der Waals surface area contributed by atoms with E-state index in [1.165, 1.54) is 5.56 Å². The van der Waals surface area contributed by atoms with Crippen LogP contribution in [0, 0.1) is 0 Å². The van der Waals surface area contributed by atoms with Crippen molar-refractivity contribution in [2.24, 2.45) is 0 Å². The lowest BCUT2D eigenvalue weighted by Gasteiger charge is -2.22. The van der Waals surface area contributed by atoms with Crippen LogP contribution in [0.15, 0.2) is 48.5 Å². The molecule has 0 aromatic heterocycles. The first-order chi connectivity index (χ1) is 14.9. The number of para-hydroxylation sites is 2. The van der Waals surface area contributed by atoms with Gasteiger partial charge in [-0.1, -0.05) is 56.7 Å². The number of nitrogens with one attached hydrogen (secondary N) is 2. The highest BCUT2D eigenvalue weighted by Crippen LogP contribution is 2.29. The van der Waals surface area contributed by atoms with E-state index in [4.69, 9.17) is 4.74 Å². The second-order valence-corrected chi connectivity index (χ2v) is 7.79. The zero-order valence-electron chi connectivity index (χ0n) is 18.2. The molecule has 0 unspecified atom stereocenters. The number of hydrogen-bond donors (Lipinski definition) is 2. The quantitative estimate of drug-likeness (QED) is 0.600. The molecule has 1 aliphatic heterocycles. The molecule has 3 rings (SSSR count). The van der Waals surface area contributed by atoms with Crippen LogP contribution in [-0.2, 0) is 21.5 Å². The fraction of sp³-hybridized carbons (Fsp3) is 0.375. The van der Waals surface area contributed by atoms with Crippen molar-refractivity contribution in [3.8, 4) is 5.75 Å². The summed E-state index contributed by atoms with van der Waals surface area (Å²) in [6.45, 7) is 5.90. The number of anilines is 1. The van der Waals surface area contributed by atoms with Crippen molar-refractivity contribution in [3.05, 3.63) is 59.7 Å². The van der Waals surface area contributed by atoms with Crippen LogP contribution < -0.4 is 15.4 Å². The Balaban J connectivity index is 1.71. The van der Waals surface area contributed by atoms with Crippen LogP contribution in [0.1, 0.15) is 44.7 Å². The zero-order valence-corrected chi connectivity index (χ0v) is 18.2. The molecule has 2 N–H and O–H groups in total. The van der Waals surface area contributed by atoms with Crippen molar-refractivity contribution in [3.63, 3.8) is 0 Å². The molecule has 0 spiro atoms. The van der Waals surface area contributed by atoms with E-state index in [9.17, 15) is 14.4 Å². The molecule has 0 saturated carbocycles. The summed E-state index contributed by atoms with van der Waals surface area (Å²) in [5, 5.41) is 5.48. The minimum absolute atomic E-state index is 0.379. The Kier molecular flexibility index (Phi) is 6.95. The molecule has 1 heterocycles. The third-order valence-electron chi connectivity index (χ3n) is 5.27. The Bertz CT molecular complexity index is 958. The molecule has 2 aromatic rings. The van der Waals surface area contributed by atoms with Gasteiger partial charge < -0.3 is 15.4 Å². The summed E-state index contributed by atoms with van der Waals surface area (Å²) in [7, 11) is 0. The second-order valence-electron chi connectivity index (χ2n) is 7.79. The Labute approximate surface area is 182 Å². The standard InChI is InChI=1S/C24H29N3O4/c1-4-8-17-11-13-18(14-12-17)24(3)22(29)27(23(30)26-24)16-21(28)25-19-9-6-7-10-20(19)31-15-5-2/h6-7,9-14H,4-5,8,15-16H2,1-3H3,(H,25,28)(H,26,30)/t24-/m0/s1. The van der Waals surface area contributed by atoms with Gasteiger partial charge in [-0.15, -0.1) is 0 Å². The SMILES string of the molecule is CCCOc1ccccc1NC(=O)CN1C(=O)N[C@@](C)(c2ccc(CCC)cc2)C1=O. The molecule has 0 bridgehead atoms. The largest absolute Gasteiger partial charge is 0.491 e. The summed E-state index contributed by atoms with van der Waals surface area (Å²) < 4.78 is 5.64. The van der Waals surface area contributed by atoms with E-state index in [2.05, 4.69) is 17.6 Å². The van der Waals surface area contributed by atoms with Crippen molar-refractivity contribution >= 4 is 23.5 Å². The van der Waals surface area contributed by atoms with Crippen LogP contribution >= 0.6 is 0 Å². The summed E-state index contributed by atoms with van der Waals surface area (Å²) in [5.74, 6) is -0.378. The molecule has 31 heavy (non-hydrogen) atoms. The Morgan fingerprint density at radius 2 is 1.77 bits per heavy atom. The molecular weight excluding hydrogens is 394 g/mol. The Hall–Kier alpha value is -3.35. The number of carbonyl (C=O) groups is 3. The molecule has 164 valence electrons. The maximum Gasteiger partial charge on any atom is 0.325 e. The van der Waals surface area contributed by atoms with Gasteiger partial charge in [0, 0.05) is 0 Å². The fourth-order valence-corrected chi connectivity index (χ4v) is 3.57. The van der Waals surface area contributed by atoms with E-state index in [0.29, 0.717) is 23.6 Å². The highest BCUT2D eigenvalue weighted by Gasteiger charge is 2.49. The number of carbonyl (C=O) groups excluding carboxylic acids is 3. The fourth-order valence-electron chi connectivity index (χ4n) is 3.57. The third kappa shape index (κ3) is 4.87. The maximum absolute atomic E-state index is 13.1. The van der Waals surface area contributed by atoms with Crippen LogP contribution in [0.5, 0.6) is 5.75 Å². The summed E-state index contributed by atoms with van der Waals surface area (Å²) in [6.07, 6.45) is 2.82. The van der Waals surface area contributed by atoms with E-state index < -0.39 is 23.4 Å². The van der Waals surface area contributed by atoms with Gasteiger partial charge in [0.05, 0.1) is 12.3 Å². The van der Waals surface area contributed by atoms with Crippen molar-refractivity contribution in [2.75, 3.05) is 18.5 Å². The first kappa shape index (κ1) is 22.3. The van der Waals surface area contributed by atoms with Gasteiger partial charge in [-0.3, -0.25) is 14.5 Å². The van der Waals surface area contributed by atoms with Gasteiger partial charge in [0.25, 0.3) is 5.91 Å². The zero-order chi connectivity index (χ0) is 22.4. The average molecular weight is 424 g/mol. The molecule has 7 heteroatoms. The van der Waals surface area contributed by atoms with Gasteiger partial charge in [0.2, 0.25) is 5.91 Å². The lowest BCUT2D eigenvalue weighted by molar-refractivity contribution is -0.133. The van der Waals surface area contributed by atoms with E-state index in [1.807, 2.05) is 37.3 Å². The number of ether oxygens (including phenoxy) is 1. The summed E-state index contributed by atoms with van der Waals surface area (Å²) in [4.78, 5) is 39.2. The van der Waals surface area contributed by atoms with E-state index >= 15 is 0 Å². The lowest BCUT2D eigenvalue weighted by Crippen LogP contribution is -2.42. The normalized spacial score (nSPS) is 18.1. The first-order valence-electron chi connectivity index (χ1n) is 10.6. The number of rotatable bonds is 9. The molecule has 0 aliphatic carbocycles. The van der Waals surface area contributed by atoms with Crippen LogP contribution in [0.2, 0.25) is 0 Å². The van der Waals surface area contributed by atoms with Crippen LogP contribution in [0.4, 0.5) is 10.5 Å². The van der Waals surface area contributed by atoms with Gasteiger partial charge in [-0.25, -0.2) is 4.79 Å². The van der Waals surface area contributed by atoms with Crippen LogP contribution in [0.3, 0.4) is 0 Å². The summed E-state index contributed by atoms with van der Waals surface area (Å²) >= 11 is 0. The molecule has 1 fully saturated rings. The van der Waals surface area contributed by atoms with Gasteiger partial charge in [-0.2, -0.15) is 0 Å². The molecular formula is C24H29N3O4. The van der Waals surface area contributed by atoms with Crippen molar-refractivity contribution in [1.29, 1.82) is 0 Å². The van der Waals surface area contributed by atoms with Crippen molar-refractivity contribution in [1.82, 2.24) is 10.2 Å². The molecule has 1 atom stereocenters. The third-order valence-corrected chi connectivity index (χ3v) is 5.27. The monoisotopic (exact) mass is 423 g/mol. The minimum Gasteiger partial charge on any atom is -0.491 e. The van der Waals surface area contributed by atoms with Gasteiger partial charge in [0.15, 0.2) is 0 Å². The van der Waals surface area contributed by atoms with Crippen molar-refractivity contribution < 1.29 is 19.1 Å². The number of amides is 4. The maximum atomic E-state index is 13.1. The smallest absolute Gasteiger partial charge is 0.325 e. The molecule has 7 nitrogen and oxygen atoms in total. The number of urea groups is 1. The summed E-state index contributed by atoms with van der Waals surface area (Å²) in [5.41, 5.74) is 1.16. The molecule has 4 amide bonds. The lowest BCUT2D eigenvalue weighted by atomic mass is 9.91. The van der Waals surface area contributed by atoms with Gasteiger partial charge in [-0.05, 0) is 43.0 Å². The number of benzene rings is 2. The van der Waals surface area contributed by atoms with Crippen LogP contribution in [-0.4, -0.2) is 35.9 Å². The van der Waals surface area contributed by atoms with Crippen molar-refractivity contribution in [2.45, 2.75) is 45.6 Å². The van der Waals surface area contributed by atoms with E-state index in [-0.39, 0.29) is 6.54 Å². The first-order valence-corrected chi connectivity index (χ1v) is 10.6. The number of aryl methyl sites for hydroxylation is 1. The highest BCUT2D eigenvalue weighted by molar-refractivity contribution is 6.10. The Morgan fingerprint density at radius 1 is 1.06 bits per heavy atom.